The maximum Gasteiger partial charge on any atom is 0.343 e. The van der Waals surface area contributed by atoms with Crippen LogP contribution >= 0.6 is 0 Å². The van der Waals surface area contributed by atoms with Gasteiger partial charge in [-0.05, 0) is 24.0 Å². The standard InChI is InChI=1S/C28H38NO3/c1-29(21-19-23-12-5-2-6-13-23)20-11-18-26(29)22-32-27(30)28(31,24-14-7-3-8-15-24)25-16-9-4-10-17-25/h2-3,5-8,12-15,25-26,31H,4,9-11,16-22H2,1H3/q+1. The van der Waals surface area contributed by atoms with E-state index in [4.69, 9.17) is 4.74 Å². The van der Waals surface area contributed by atoms with Crippen LogP contribution in [-0.4, -0.2) is 48.3 Å². The molecule has 3 atom stereocenters. The van der Waals surface area contributed by atoms with E-state index >= 15 is 0 Å². The largest absolute Gasteiger partial charge is 0.457 e. The van der Waals surface area contributed by atoms with Crippen molar-refractivity contribution in [1.29, 1.82) is 0 Å². The lowest BCUT2D eigenvalue weighted by atomic mass is 9.73. The number of hydrogen-bond acceptors (Lipinski definition) is 3. The monoisotopic (exact) mass is 436 g/mol. The van der Waals surface area contributed by atoms with Crippen molar-refractivity contribution in [3.8, 4) is 0 Å². The molecule has 4 heteroatoms. The van der Waals surface area contributed by atoms with Crippen LogP contribution < -0.4 is 0 Å². The number of quaternary nitrogens is 1. The smallest absolute Gasteiger partial charge is 0.343 e. The fraction of sp³-hybridized carbons (Fsp3) is 0.536. The molecule has 2 aromatic carbocycles. The second-order valence-corrected chi connectivity index (χ2v) is 10.0. The highest BCUT2D eigenvalue weighted by Gasteiger charge is 2.48. The van der Waals surface area contributed by atoms with Crippen LogP contribution in [0.1, 0.15) is 56.1 Å². The SMILES string of the molecule is C[N+]1(CCc2ccccc2)CCCC1COC(=O)C(O)(c1ccccc1)C1CCCCC1. The number of hydrogen-bond donors (Lipinski definition) is 1. The molecule has 3 unspecified atom stereocenters. The third-order valence-corrected chi connectivity index (χ3v) is 7.97. The number of carbonyl (C=O) groups is 1. The molecule has 2 fully saturated rings. The summed E-state index contributed by atoms with van der Waals surface area (Å²) in [5, 5.41) is 11.8. The summed E-state index contributed by atoms with van der Waals surface area (Å²) < 4.78 is 6.87. The first-order chi connectivity index (χ1) is 15.5. The molecule has 4 nitrogen and oxygen atoms in total. The van der Waals surface area contributed by atoms with Gasteiger partial charge in [-0.2, -0.15) is 0 Å². The Morgan fingerprint density at radius 2 is 1.62 bits per heavy atom. The Morgan fingerprint density at radius 3 is 2.31 bits per heavy atom. The second kappa shape index (κ2) is 10.2. The zero-order chi connectivity index (χ0) is 22.4. The van der Waals surface area contributed by atoms with Gasteiger partial charge in [0.15, 0.2) is 5.60 Å². The van der Waals surface area contributed by atoms with E-state index in [1.54, 1.807) is 0 Å². The van der Waals surface area contributed by atoms with Crippen molar-refractivity contribution in [3.05, 3.63) is 71.8 Å². The molecule has 2 aliphatic rings. The van der Waals surface area contributed by atoms with Gasteiger partial charge in [0, 0.05) is 25.2 Å². The van der Waals surface area contributed by atoms with Gasteiger partial charge < -0.3 is 14.3 Å². The average molecular weight is 437 g/mol. The zero-order valence-corrected chi connectivity index (χ0v) is 19.4. The zero-order valence-electron chi connectivity index (χ0n) is 19.4. The molecule has 1 saturated heterocycles. The van der Waals surface area contributed by atoms with E-state index < -0.39 is 11.6 Å². The van der Waals surface area contributed by atoms with E-state index in [-0.39, 0.29) is 12.0 Å². The first-order valence-electron chi connectivity index (χ1n) is 12.4. The summed E-state index contributed by atoms with van der Waals surface area (Å²) in [5.74, 6) is -0.536. The van der Waals surface area contributed by atoms with E-state index in [2.05, 4.69) is 37.4 Å². The number of likely N-dealkylation sites (N-methyl/N-ethyl adjacent to an activating group) is 1. The number of benzene rings is 2. The van der Waals surface area contributed by atoms with E-state index in [1.165, 1.54) is 12.0 Å². The van der Waals surface area contributed by atoms with Crippen molar-refractivity contribution in [2.24, 2.45) is 5.92 Å². The van der Waals surface area contributed by atoms with Gasteiger partial charge in [-0.25, -0.2) is 4.79 Å². The molecule has 1 saturated carbocycles. The van der Waals surface area contributed by atoms with Gasteiger partial charge in [-0.3, -0.25) is 0 Å². The number of rotatable bonds is 8. The lowest BCUT2D eigenvalue weighted by Crippen LogP contribution is -2.52. The van der Waals surface area contributed by atoms with Crippen LogP contribution in [0.5, 0.6) is 0 Å². The number of aliphatic hydroxyl groups is 1. The maximum atomic E-state index is 13.4. The summed E-state index contributed by atoms with van der Waals surface area (Å²) in [6.45, 7) is 2.53. The van der Waals surface area contributed by atoms with Gasteiger partial charge in [0.1, 0.15) is 12.6 Å². The normalized spacial score (nSPS) is 25.9. The van der Waals surface area contributed by atoms with Crippen LogP contribution in [-0.2, 0) is 21.6 Å². The van der Waals surface area contributed by atoms with E-state index in [1.807, 2.05) is 30.3 Å². The summed E-state index contributed by atoms with van der Waals surface area (Å²) in [6, 6.07) is 20.3. The minimum Gasteiger partial charge on any atom is -0.457 e. The molecule has 0 radical (unpaired) electrons. The van der Waals surface area contributed by atoms with Crippen LogP contribution in [0, 0.1) is 5.92 Å². The van der Waals surface area contributed by atoms with E-state index in [9.17, 15) is 9.90 Å². The Kier molecular flexibility index (Phi) is 7.32. The molecule has 0 spiro atoms. The minimum atomic E-state index is -1.55. The number of esters is 1. The Bertz CT molecular complexity index is 865. The van der Waals surface area contributed by atoms with Crippen molar-refractivity contribution in [3.63, 3.8) is 0 Å². The maximum absolute atomic E-state index is 13.4. The lowest BCUT2D eigenvalue weighted by Gasteiger charge is -2.39. The molecule has 0 bridgehead atoms. The molecule has 172 valence electrons. The highest BCUT2D eigenvalue weighted by molar-refractivity contribution is 5.81. The van der Waals surface area contributed by atoms with Crippen molar-refractivity contribution in [1.82, 2.24) is 0 Å². The molecule has 1 aliphatic carbocycles. The summed E-state index contributed by atoms with van der Waals surface area (Å²) in [5.41, 5.74) is 0.475. The molecular weight excluding hydrogens is 398 g/mol. The molecule has 0 amide bonds. The Morgan fingerprint density at radius 1 is 0.969 bits per heavy atom. The molecule has 2 aromatic rings. The third-order valence-electron chi connectivity index (χ3n) is 7.97. The van der Waals surface area contributed by atoms with Gasteiger partial charge in [0.2, 0.25) is 0 Å². The quantitative estimate of drug-likeness (QED) is 0.475. The number of ether oxygens (including phenoxy) is 1. The molecular formula is C28H38NO3+. The Labute approximate surface area is 192 Å². The number of carbonyl (C=O) groups excluding carboxylic acids is 1. The first-order valence-corrected chi connectivity index (χ1v) is 12.4. The summed E-state index contributed by atoms with van der Waals surface area (Å²) in [7, 11) is 2.29. The number of nitrogens with zero attached hydrogens (tertiary/aromatic N) is 1. The predicted molar refractivity (Wildman–Crippen MR) is 127 cm³/mol. The van der Waals surface area contributed by atoms with Gasteiger partial charge in [0.25, 0.3) is 0 Å². The predicted octanol–water partition coefficient (Wildman–Crippen LogP) is 4.85. The highest BCUT2D eigenvalue weighted by Crippen LogP contribution is 2.40. The lowest BCUT2D eigenvalue weighted by molar-refractivity contribution is -0.921. The van der Waals surface area contributed by atoms with Gasteiger partial charge >= 0.3 is 5.97 Å². The average Bonchev–Trinajstić information content (AvgIpc) is 3.23. The van der Waals surface area contributed by atoms with Gasteiger partial charge in [-0.15, -0.1) is 0 Å². The molecule has 1 heterocycles. The topological polar surface area (TPSA) is 46.5 Å². The fourth-order valence-electron chi connectivity index (χ4n) is 5.78. The third kappa shape index (κ3) is 4.92. The van der Waals surface area contributed by atoms with Crippen molar-refractivity contribution < 1.29 is 19.1 Å². The molecule has 32 heavy (non-hydrogen) atoms. The summed E-state index contributed by atoms with van der Waals surface area (Å²) in [6.07, 6.45) is 8.27. The van der Waals surface area contributed by atoms with Crippen LogP contribution in [0.4, 0.5) is 0 Å². The minimum absolute atomic E-state index is 0.0753. The number of likely N-dealkylation sites (tertiary alicyclic amines) is 1. The molecule has 1 aliphatic heterocycles. The Balaban J connectivity index is 1.44. The second-order valence-electron chi connectivity index (χ2n) is 10.0. The van der Waals surface area contributed by atoms with Crippen molar-refractivity contribution in [2.45, 2.75) is 63.0 Å². The molecule has 0 aromatic heterocycles. The van der Waals surface area contributed by atoms with Crippen LogP contribution in [0.15, 0.2) is 60.7 Å². The van der Waals surface area contributed by atoms with E-state index in [0.29, 0.717) is 12.2 Å². The van der Waals surface area contributed by atoms with Crippen molar-refractivity contribution >= 4 is 5.97 Å². The Hall–Kier alpha value is -2.17. The molecule has 1 N–H and O–H groups in total. The van der Waals surface area contributed by atoms with Gasteiger partial charge in [0.05, 0.1) is 20.1 Å². The fourth-order valence-corrected chi connectivity index (χ4v) is 5.78. The van der Waals surface area contributed by atoms with Crippen LogP contribution in [0.2, 0.25) is 0 Å². The van der Waals surface area contributed by atoms with Crippen LogP contribution in [0.3, 0.4) is 0 Å². The van der Waals surface area contributed by atoms with Gasteiger partial charge in [-0.1, -0.05) is 79.9 Å². The molecule has 4 rings (SSSR count). The summed E-state index contributed by atoms with van der Waals surface area (Å²) >= 11 is 0. The van der Waals surface area contributed by atoms with E-state index in [0.717, 1.165) is 62.5 Å². The van der Waals surface area contributed by atoms with Crippen LogP contribution in [0.25, 0.3) is 0 Å². The first kappa shape index (κ1) is 23.0. The highest BCUT2D eigenvalue weighted by atomic mass is 16.6. The summed E-state index contributed by atoms with van der Waals surface area (Å²) in [4.78, 5) is 13.4. The van der Waals surface area contributed by atoms with Crippen molar-refractivity contribution in [2.75, 3.05) is 26.7 Å².